The minimum atomic E-state index is -0.492. The molecule has 1 aliphatic heterocycles. The molecule has 2 aliphatic rings. The van der Waals surface area contributed by atoms with Crippen LogP contribution in [0.2, 0.25) is 0 Å². The van der Waals surface area contributed by atoms with E-state index < -0.39 is 5.82 Å². The van der Waals surface area contributed by atoms with E-state index in [4.69, 9.17) is 15.5 Å². The number of ketones is 1. The Morgan fingerprint density at radius 1 is 1.00 bits per heavy atom. The van der Waals surface area contributed by atoms with Gasteiger partial charge in [0.05, 0.1) is 27.3 Å². The fraction of sp³-hybridized carbons (Fsp3) is 0.355. The zero-order valence-electron chi connectivity index (χ0n) is 22.7. The smallest absolute Gasteiger partial charge is 0.236 e. The highest BCUT2D eigenvalue weighted by atomic mass is 32.1. The van der Waals surface area contributed by atoms with Gasteiger partial charge in [0.15, 0.2) is 11.6 Å². The molecule has 8 nitrogen and oxygen atoms in total. The van der Waals surface area contributed by atoms with Crippen molar-refractivity contribution >= 4 is 33.2 Å². The van der Waals surface area contributed by atoms with Crippen molar-refractivity contribution in [1.82, 2.24) is 19.8 Å². The minimum Gasteiger partial charge on any atom is -0.453 e. The molecule has 4 heterocycles. The summed E-state index contributed by atoms with van der Waals surface area (Å²) in [6.45, 7) is 3.81. The highest BCUT2D eigenvalue weighted by molar-refractivity contribution is 7.22. The average molecular weight is 574 g/mol. The van der Waals surface area contributed by atoms with Gasteiger partial charge in [-0.05, 0) is 54.2 Å². The Kier molecular flexibility index (Phi) is 8.04. The van der Waals surface area contributed by atoms with Crippen LogP contribution in [0, 0.1) is 11.7 Å². The van der Waals surface area contributed by atoms with E-state index in [0.717, 1.165) is 58.8 Å². The van der Waals surface area contributed by atoms with Gasteiger partial charge in [-0.3, -0.25) is 24.5 Å². The molecule has 0 radical (unpaired) electrons. The van der Waals surface area contributed by atoms with Crippen LogP contribution in [0.1, 0.15) is 30.4 Å². The van der Waals surface area contributed by atoms with Crippen molar-refractivity contribution < 1.29 is 18.7 Å². The molecule has 1 saturated carbocycles. The fourth-order valence-electron chi connectivity index (χ4n) is 5.13. The van der Waals surface area contributed by atoms with E-state index in [-0.39, 0.29) is 30.4 Å². The van der Waals surface area contributed by atoms with Gasteiger partial charge in [-0.2, -0.15) is 0 Å². The maximum absolute atomic E-state index is 14.9. The number of benzene rings is 1. The van der Waals surface area contributed by atoms with Crippen molar-refractivity contribution in [2.45, 2.75) is 32.2 Å². The van der Waals surface area contributed by atoms with Crippen molar-refractivity contribution in [2.24, 2.45) is 11.7 Å². The minimum absolute atomic E-state index is 0.00261. The summed E-state index contributed by atoms with van der Waals surface area (Å²) in [6.07, 6.45) is 6.61. The SMILES string of the molecule is NCC(=O)N1CCN(Cc2ccc(-c3cc4nccc(Oc5ccc(CC(=O)CC6CC6)cc5F)c4s3)nc2)CC1. The van der Waals surface area contributed by atoms with Crippen LogP contribution in [0.3, 0.4) is 0 Å². The molecule has 212 valence electrons. The second-order valence-corrected chi connectivity index (χ2v) is 11.8. The van der Waals surface area contributed by atoms with Crippen LogP contribution in [0.5, 0.6) is 11.5 Å². The van der Waals surface area contributed by atoms with Crippen LogP contribution < -0.4 is 10.5 Å². The number of carbonyl (C=O) groups is 2. The van der Waals surface area contributed by atoms with Crippen molar-refractivity contribution in [3.63, 3.8) is 0 Å². The van der Waals surface area contributed by atoms with Gasteiger partial charge in [0, 0.05) is 64.0 Å². The highest BCUT2D eigenvalue weighted by Gasteiger charge is 2.24. The lowest BCUT2D eigenvalue weighted by Gasteiger charge is -2.34. The molecule has 41 heavy (non-hydrogen) atoms. The largest absolute Gasteiger partial charge is 0.453 e. The van der Waals surface area contributed by atoms with Gasteiger partial charge in [0.2, 0.25) is 5.91 Å². The van der Waals surface area contributed by atoms with Gasteiger partial charge in [-0.15, -0.1) is 11.3 Å². The van der Waals surface area contributed by atoms with Crippen molar-refractivity contribution in [3.05, 3.63) is 71.8 Å². The summed E-state index contributed by atoms with van der Waals surface area (Å²) in [7, 11) is 0. The van der Waals surface area contributed by atoms with Crippen molar-refractivity contribution in [3.8, 4) is 22.1 Å². The number of nitrogens with zero attached hydrogens (tertiary/aromatic N) is 4. The Morgan fingerprint density at radius 3 is 2.51 bits per heavy atom. The summed E-state index contributed by atoms with van der Waals surface area (Å²) < 4.78 is 21.7. The van der Waals surface area contributed by atoms with E-state index in [2.05, 4.69) is 16.0 Å². The number of halogens is 1. The first-order valence-corrected chi connectivity index (χ1v) is 14.8. The lowest BCUT2D eigenvalue weighted by atomic mass is 10.0. The summed E-state index contributed by atoms with van der Waals surface area (Å²) in [5.41, 5.74) is 8.82. The van der Waals surface area contributed by atoms with E-state index in [1.54, 1.807) is 24.4 Å². The molecule has 1 aliphatic carbocycles. The standard InChI is InChI=1S/C31H32FN5O3S/c32-24-15-21(14-23(38)13-20-1-2-20)4-6-27(24)40-28-7-8-34-26-16-29(41-31(26)28)25-5-3-22(18-35-25)19-36-9-11-37(12-10-36)30(39)17-33/h3-8,15-16,18,20H,1-2,9-14,17,19,33H2. The first-order valence-electron chi connectivity index (χ1n) is 14.0. The number of pyridine rings is 2. The normalized spacial score (nSPS) is 15.8. The van der Waals surface area contributed by atoms with Gasteiger partial charge in [-0.1, -0.05) is 12.1 Å². The second-order valence-electron chi connectivity index (χ2n) is 10.8. The lowest BCUT2D eigenvalue weighted by Crippen LogP contribution is -2.49. The second kappa shape index (κ2) is 12.0. The maximum Gasteiger partial charge on any atom is 0.236 e. The molecule has 2 N–H and O–H groups in total. The number of aromatic nitrogens is 2. The zero-order valence-corrected chi connectivity index (χ0v) is 23.5. The predicted molar refractivity (Wildman–Crippen MR) is 156 cm³/mol. The number of piperazine rings is 1. The van der Waals surface area contributed by atoms with Crippen LogP contribution in [0.4, 0.5) is 4.39 Å². The first kappa shape index (κ1) is 27.4. The molecule has 6 rings (SSSR count). The topological polar surface area (TPSA) is 102 Å². The number of nitrogens with two attached hydrogens (primary N) is 1. The molecule has 1 saturated heterocycles. The Bertz CT molecular complexity index is 1560. The quantitative estimate of drug-likeness (QED) is 0.291. The fourth-order valence-corrected chi connectivity index (χ4v) is 6.17. The van der Waals surface area contributed by atoms with E-state index in [9.17, 15) is 14.0 Å². The number of hydrogen-bond donors (Lipinski definition) is 1. The Hall–Kier alpha value is -3.73. The number of Topliss-reactive ketones (excluding diaryl/α,β-unsaturated/α-hetero) is 1. The van der Waals surface area contributed by atoms with Crippen LogP contribution >= 0.6 is 11.3 Å². The molecule has 10 heteroatoms. The Balaban J connectivity index is 1.11. The van der Waals surface area contributed by atoms with E-state index in [1.165, 1.54) is 17.4 Å². The maximum atomic E-state index is 14.9. The number of fused-ring (bicyclic) bond motifs is 1. The third kappa shape index (κ3) is 6.61. The van der Waals surface area contributed by atoms with Crippen LogP contribution in [0.15, 0.2) is 54.9 Å². The number of ether oxygens (including phenoxy) is 1. The molecule has 0 unspecified atom stereocenters. The Morgan fingerprint density at radius 2 is 1.80 bits per heavy atom. The molecule has 0 atom stereocenters. The summed E-state index contributed by atoms with van der Waals surface area (Å²) in [6, 6.07) is 12.5. The number of thiophene rings is 1. The first-order chi connectivity index (χ1) is 19.9. The van der Waals surface area contributed by atoms with Gasteiger partial charge in [-0.25, -0.2) is 4.39 Å². The van der Waals surface area contributed by atoms with Gasteiger partial charge in [0.1, 0.15) is 11.5 Å². The summed E-state index contributed by atoms with van der Waals surface area (Å²) in [5.74, 6) is 0.816. The van der Waals surface area contributed by atoms with Crippen LogP contribution in [-0.2, 0) is 22.6 Å². The molecular formula is C31H32FN5O3S. The molecule has 1 aromatic carbocycles. The van der Waals surface area contributed by atoms with E-state index in [1.807, 2.05) is 23.2 Å². The predicted octanol–water partition coefficient (Wildman–Crippen LogP) is 4.80. The Labute approximate surface area is 242 Å². The van der Waals surface area contributed by atoms with Gasteiger partial charge < -0.3 is 15.4 Å². The molecule has 0 bridgehead atoms. The van der Waals surface area contributed by atoms with E-state index >= 15 is 0 Å². The average Bonchev–Trinajstić information content (AvgIpc) is 3.68. The molecule has 0 spiro atoms. The number of carbonyl (C=O) groups excluding carboxylic acids is 2. The lowest BCUT2D eigenvalue weighted by molar-refractivity contribution is -0.131. The summed E-state index contributed by atoms with van der Waals surface area (Å²) in [5, 5.41) is 0. The van der Waals surface area contributed by atoms with Crippen molar-refractivity contribution in [2.75, 3.05) is 32.7 Å². The third-order valence-corrected chi connectivity index (χ3v) is 8.75. The highest BCUT2D eigenvalue weighted by Crippen LogP contribution is 2.39. The number of hydrogen-bond acceptors (Lipinski definition) is 8. The molecule has 4 aromatic rings. The number of amides is 1. The molecule has 2 fully saturated rings. The summed E-state index contributed by atoms with van der Waals surface area (Å²) >= 11 is 1.50. The molecular weight excluding hydrogens is 541 g/mol. The summed E-state index contributed by atoms with van der Waals surface area (Å²) in [4.78, 5) is 38.2. The third-order valence-electron chi connectivity index (χ3n) is 7.59. The van der Waals surface area contributed by atoms with E-state index in [0.29, 0.717) is 36.7 Å². The van der Waals surface area contributed by atoms with Crippen molar-refractivity contribution in [1.29, 1.82) is 0 Å². The molecule has 3 aromatic heterocycles. The number of rotatable bonds is 10. The zero-order chi connectivity index (χ0) is 28.3. The van der Waals surface area contributed by atoms with Gasteiger partial charge in [0.25, 0.3) is 0 Å². The van der Waals surface area contributed by atoms with Gasteiger partial charge >= 0.3 is 0 Å². The molecule has 1 amide bonds. The van der Waals surface area contributed by atoms with Crippen LogP contribution in [-0.4, -0.2) is 64.2 Å². The monoisotopic (exact) mass is 573 g/mol. The van der Waals surface area contributed by atoms with Crippen LogP contribution in [0.25, 0.3) is 20.8 Å².